The lowest BCUT2D eigenvalue weighted by Crippen LogP contribution is -2.04. The first-order valence-electron chi connectivity index (χ1n) is 5.48. The van der Waals surface area contributed by atoms with Gasteiger partial charge in [-0.15, -0.1) is 0 Å². The topological polar surface area (TPSA) is 61.8 Å². The molecule has 0 amide bonds. The first-order valence-corrected chi connectivity index (χ1v) is 6.27. The summed E-state index contributed by atoms with van der Waals surface area (Å²) in [6.07, 6.45) is 0. The predicted molar refractivity (Wildman–Crippen MR) is 77.0 cm³/mol. The smallest absolute Gasteiger partial charge is 0.103 e. The van der Waals surface area contributed by atoms with Crippen molar-refractivity contribution in [3.63, 3.8) is 0 Å². The lowest BCUT2D eigenvalue weighted by Gasteiger charge is -2.10. The molecular weight excluding hydrogens is 290 g/mol. The quantitative estimate of drug-likeness (QED) is 0.853. The maximum absolute atomic E-state index is 9.11. The number of nitrogens with zero attached hydrogens (tertiary/aromatic N) is 1. The molecule has 0 fully saturated rings. The molecule has 2 aromatic carbocycles. The Labute approximate surface area is 114 Å². The average molecular weight is 302 g/mol. The number of benzene rings is 2. The molecule has 3 N–H and O–H groups in total. The van der Waals surface area contributed by atoms with Gasteiger partial charge in [-0.2, -0.15) is 5.26 Å². The number of rotatable bonds is 3. The highest BCUT2D eigenvalue weighted by Crippen LogP contribution is 2.24. The Morgan fingerprint density at radius 1 is 1.17 bits per heavy atom. The van der Waals surface area contributed by atoms with Crippen LogP contribution in [0.5, 0.6) is 0 Å². The third-order valence-electron chi connectivity index (χ3n) is 2.65. The number of hydrogen-bond acceptors (Lipinski definition) is 3. The van der Waals surface area contributed by atoms with Crippen molar-refractivity contribution in [2.45, 2.75) is 6.54 Å². The molecule has 90 valence electrons. The fourth-order valence-electron chi connectivity index (χ4n) is 1.67. The van der Waals surface area contributed by atoms with Crippen LogP contribution in [0.25, 0.3) is 0 Å². The third kappa shape index (κ3) is 2.63. The zero-order valence-electron chi connectivity index (χ0n) is 9.65. The minimum Gasteiger partial charge on any atom is -0.398 e. The normalized spacial score (nSPS) is 9.78. The van der Waals surface area contributed by atoms with Crippen LogP contribution in [-0.4, -0.2) is 0 Å². The summed E-state index contributed by atoms with van der Waals surface area (Å²) in [5.74, 6) is 0. The Kier molecular flexibility index (Phi) is 3.85. The van der Waals surface area contributed by atoms with E-state index in [2.05, 4.69) is 27.3 Å². The van der Waals surface area contributed by atoms with Gasteiger partial charge in [-0.3, -0.25) is 0 Å². The van der Waals surface area contributed by atoms with Gasteiger partial charge >= 0.3 is 0 Å². The lowest BCUT2D eigenvalue weighted by molar-refractivity contribution is 1.15. The first kappa shape index (κ1) is 12.5. The second kappa shape index (κ2) is 5.56. The van der Waals surface area contributed by atoms with Crippen LogP contribution < -0.4 is 11.1 Å². The van der Waals surface area contributed by atoms with Crippen LogP contribution in [0.1, 0.15) is 11.1 Å². The van der Waals surface area contributed by atoms with Gasteiger partial charge < -0.3 is 11.1 Å². The molecule has 0 bridgehead atoms. The summed E-state index contributed by atoms with van der Waals surface area (Å²) in [6.45, 7) is 0.595. The molecule has 0 heterocycles. The van der Waals surface area contributed by atoms with Crippen molar-refractivity contribution in [2.75, 3.05) is 11.1 Å². The van der Waals surface area contributed by atoms with E-state index in [1.807, 2.05) is 42.5 Å². The van der Waals surface area contributed by atoms with Crippen molar-refractivity contribution in [1.82, 2.24) is 0 Å². The van der Waals surface area contributed by atoms with E-state index < -0.39 is 0 Å². The number of nitriles is 1. The standard InChI is InChI=1S/C14H12BrN3/c15-12-5-3-7-14(11(12)8-16)18-9-10-4-1-2-6-13(10)17/h1-7,18H,9,17H2. The van der Waals surface area contributed by atoms with Crippen molar-refractivity contribution in [2.24, 2.45) is 0 Å². The Morgan fingerprint density at radius 2 is 1.94 bits per heavy atom. The highest BCUT2D eigenvalue weighted by atomic mass is 79.9. The Bertz CT molecular complexity index is 602. The molecular formula is C14H12BrN3. The maximum Gasteiger partial charge on any atom is 0.103 e. The number of nitrogens with two attached hydrogens (primary N) is 1. The van der Waals surface area contributed by atoms with Gasteiger partial charge in [0, 0.05) is 16.7 Å². The summed E-state index contributed by atoms with van der Waals surface area (Å²) in [7, 11) is 0. The monoisotopic (exact) mass is 301 g/mol. The molecule has 0 saturated heterocycles. The van der Waals surface area contributed by atoms with Crippen molar-refractivity contribution in [3.8, 4) is 6.07 Å². The van der Waals surface area contributed by atoms with E-state index in [4.69, 9.17) is 11.0 Å². The van der Waals surface area contributed by atoms with E-state index in [1.165, 1.54) is 0 Å². The van der Waals surface area contributed by atoms with Gasteiger partial charge in [-0.05, 0) is 39.7 Å². The molecule has 0 unspecified atom stereocenters. The van der Waals surface area contributed by atoms with Gasteiger partial charge in [0.05, 0.1) is 11.3 Å². The molecule has 3 nitrogen and oxygen atoms in total. The highest BCUT2D eigenvalue weighted by molar-refractivity contribution is 9.10. The molecule has 0 aliphatic carbocycles. The van der Waals surface area contributed by atoms with E-state index in [1.54, 1.807) is 0 Å². The van der Waals surface area contributed by atoms with E-state index in [9.17, 15) is 0 Å². The van der Waals surface area contributed by atoms with E-state index in [0.717, 1.165) is 21.4 Å². The van der Waals surface area contributed by atoms with Gasteiger partial charge in [0.15, 0.2) is 0 Å². The Morgan fingerprint density at radius 3 is 2.67 bits per heavy atom. The average Bonchev–Trinajstić information content (AvgIpc) is 2.38. The summed E-state index contributed by atoms with van der Waals surface area (Å²) >= 11 is 3.36. The molecule has 0 spiro atoms. The number of nitrogen functional groups attached to an aromatic ring is 1. The van der Waals surface area contributed by atoms with Gasteiger partial charge in [-0.1, -0.05) is 24.3 Å². The van der Waals surface area contributed by atoms with Crippen molar-refractivity contribution in [1.29, 1.82) is 5.26 Å². The number of hydrogen-bond donors (Lipinski definition) is 2. The van der Waals surface area contributed by atoms with Crippen LogP contribution in [0.15, 0.2) is 46.9 Å². The molecule has 0 saturated carbocycles. The molecule has 2 rings (SSSR count). The fourth-order valence-corrected chi connectivity index (χ4v) is 2.13. The molecule has 18 heavy (non-hydrogen) atoms. The van der Waals surface area contributed by atoms with Crippen LogP contribution in [0.2, 0.25) is 0 Å². The molecule has 2 aromatic rings. The molecule has 0 atom stereocenters. The molecule has 0 aromatic heterocycles. The zero-order valence-corrected chi connectivity index (χ0v) is 11.2. The second-order valence-corrected chi connectivity index (χ2v) is 4.68. The minimum atomic E-state index is 0.595. The summed E-state index contributed by atoms with van der Waals surface area (Å²) in [6, 6.07) is 15.5. The van der Waals surface area contributed by atoms with Crippen molar-refractivity contribution in [3.05, 3.63) is 58.1 Å². The van der Waals surface area contributed by atoms with Gasteiger partial charge in [-0.25, -0.2) is 0 Å². The highest BCUT2D eigenvalue weighted by Gasteiger charge is 2.06. The first-order chi connectivity index (χ1) is 8.72. The zero-order chi connectivity index (χ0) is 13.0. The predicted octanol–water partition coefficient (Wildman–Crippen LogP) is 3.52. The molecule has 4 heteroatoms. The van der Waals surface area contributed by atoms with Crippen molar-refractivity contribution < 1.29 is 0 Å². The second-order valence-electron chi connectivity index (χ2n) is 3.83. The lowest BCUT2D eigenvalue weighted by atomic mass is 10.1. The summed E-state index contributed by atoms with van der Waals surface area (Å²) in [5, 5.41) is 12.3. The van der Waals surface area contributed by atoms with Crippen molar-refractivity contribution >= 4 is 27.3 Å². The van der Waals surface area contributed by atoms with E-state index in [-0.39, 0.29) is 0 Å². The van der Waals surface area contributed by atoms with E-state index >= 15 is 0 Å². The fraction of sp³-hybridized carbons (Fsp3) is 0.0714. The van der Waals surface area contributed by atoms with Crippen LogP contribution in [0.3, 0.4) is 0 Å². The number of halogens is 1. The number of anilines is 2. The largest absolute Gasteiger partial charge is 0.398 e. The maximum atomic E-state index is 9.11. The van der Waals surface area contributed by atoms with Crippen LogP contribution in [0.4, 0.5) is 11.4 Å². The van der Waals surface area contributed by atoms with Gasteiger partial charge in [0.1, 0.15) is 6.07 Å². The van der Waals surface area contributed by atoms with Gasteiger partial charge in [0.2, 0.25) is 0 Å². The van der Waals surface area contributed by atoms with Gasteiger partial charge in [0.25, 0.3) is 0 Å². The van der Waals surface area contributed by atoms with E-state index in [0.29, 0.717) is 12.1 Å². The van der Waals surface area contributed by atoms with Crippen LogP contribution >= 0.6 is 15.9 Å². The SMILES string of the molecule is N#Cc1c(Br)cccc1NCc1ccccc1N. The molecule has 0 aliphatic heterocycles. The molecule has 0 aliphatic rings. The minimum absolute atomic E-state index is 0.595. The van der Waals surface area contributed by atoms with Crippen LogP contribution in [-0.2, 0) is 6.54 Å². The summed E-state index contributed by atoms with van der Waals surface area (Å²) < 4.78 is 0.788. The summed E-state index contributed by atoms with van der Waals surface area (Å²) in [5.41, 5.74) is 9.04. The molecule has 0 radical (unpaired) electrons. The number of nitrogens with one attached hydrogen (secondary N) is 1. The Hall–Kier alpha value is -1.99. The Balaban J connectivity index is 2.19. The summed E-state index contributed by atoms with van der Waals surface area (Å²) in [4.78, 5) is 0. The number of para-hydroxylation sites is 1. The van der Waals surface area contributed by atoms with Crippen LogP contribution in [0, 0.1) is 11.3 Å². The third-order valence-corrected chi connectivity index (χ3v) is 3.31.